The predicted molar refractivity (Wildman–Crippen MR) is 85.0 cm³/mol. The van der Waals surface area contributed by atoms with Gasteiger partial charge in [-0.3, -0.25) is 20.2 Å². The lowest BCUT2D eigenvalue weighted by Gasteiger charge is -2.32. The number of carbonyl (C=O) groups is 2. The van der Waals surface area contributed by atoms with Crippen LogP contribution in [0.3, 0.4) is 0 Å². The summed E-state index contributed by atoms with van der Waals surface area (Å²) in [5.74, 6) is -0.391. The molecular weight excluding hydrogens is 286 g/mol. The fraction of sp³-hybridized carbons (Fsp3) is 0.400. The maximum atomic E-state index is 12.0. The van der Waals surface area contributed by atoms with Gasteiger partial charge in [-0.15, -0.1) is 0 Å². The third kappa shape index (κ3) is 3.21. The summed E-state index contributed by atoms with van der Waals surface area (Å²) in [6.07, 6.45) is 3.72. The van der Waals surface area contributed by atoms with Crippen molar-refractivity contribution in [1.29, 1.82) is 0 Å². The smallest absolute Gasteiger partial charge is 0.263 e. The minimum Gasteiger partial charge on any atom is -0.349 e. The third-order valence-corrected chi connectivity index (χ3v) is 3.53. The van der Waals surface area contributed by atoms with Gasteiger partial charge in [0.1, 0.15) is 5.57 Å². The minimum atomic E-state index is -0.454. The Balaban J connectivity index is 2.40. The molecule has 0 saturated carbocycles. The second-order valence-corrected chi connectivity index (χ2v) is 6.05. The van der Waals surface area contributed by atoms with E-state index in [2.05, 4.69) is 29.4 Å². The number of nitrogens with zero attached hydrogens (tertiary/aromatic N) is 1. The molecule has 0 aromatic rings. The summed E-state index contributed by atoms with van der Waals surface area (Å²) in [7, 11) is 0. The first-order chi connectivity index (χ1) is 9.79. The van der Waals surface area contributed by atoms with Gasteiger partial charge in [-0.05, 0) is 49.7 Å². The molecule has 1 fully saturated rings. The highest BCUT2D eigenvalue weighted by molar-refractivity contribution is 7.80. The zero-order valence-corrected chi connectivity index (χ0v) is 13.4. The van der Waals surface area contributed by atoms with Crippen molar-refractivity contribution in [1.82, 2.24) is 15.5 Å². The first-order valence-electron chi connectivity index (χ1n) is 6.84. The van der Waals surface area contributed by atoms with Gasteiger partial charge in [0.15, 0.2) is 5.11 Å². The van der Waals surface area contributed by atoms with Crippen LogP contribution in [0, 0.1) is 5.92 Å². The second-order valence-electron chi connectivity index (χ2n) is 5.64. The Morgan fingerprint density at radius 3 is 2.00 bits per heavy atom. The standard InChI is InChI=1S/C15H19N3O2S/c1-8(2)7-18-9(3)5-11(6-10(18)4)12-13(19)16-15(21)17-14(12)20/h5-6,8H,7H2,1-4H3,(H2,16,17,19,20,21). The average Bonchev–Trinajstić information content (AvgIpc) is 2.32. The van der Waals surface area contributed by atoms with Gasteiger partial charge in [0.05, 0.1) is 0 Å². The molecule has 0 bridgehead atoms. The number of thiocarbonyl (C=S) groups is 1. The lowest BCUT2D eigenvalue weighted by molar-refractivity contribution is -0.123. The molecule has 2 amide bonds. The van der Waals surface area contributed by atoms with E-state index in [1.165, 1.54) is 0 Å². The molecule has 0 aliphatic carbocycles. The van der Waals surface area contributed by atoms with E-state index in [0.717, 1.165) is 17.9 Å². The summed E-state index contributed by atoms with van der Waals surface area (Å²) in [5.41, 5.74) is 2.74. The molecule has 0 radical (unpaired) electrons. The Hall–Kier alpha value is -1.95. The van der Waals surface area contributed by atoms with Crippen molar-refractivity contribution in [2.75, 3.05) is 6.54 Å². The molecule has 2 heterocycles. The van der Waals surface area contributed by atoms with Crippen LogP contribution in [0.1, 0.15) is 27.7 Å². The van der Waals surface area contributed by atoms with E-state index in [1.807, 2.05) is 26.0 Å². The number of hydrogen-bond acceptors (Lipinski definition) is 4. The summed E-state index contributed by atoms with van der Waals surface area (Å²) < 4.78 is 0. The second kappa shape index (κ2) is 5.81. The lowest BCUT2D eigenvalue weighted by Crippen LogP contribution is -2.51. The van der Waals surface area contributed by atoms with Crippen molar-refractivity contribution in [3.8, 4) is 0 Å². The quantitative estimate of drug-likeness (QED) is 0.462. The van der Waals surface area contributed by atoms with Crippen LogP contribution in [0.15, 0.2) is 34.7 Å². The summed E-state index contributed by atoms with van der Waals surface area (Å²) in [5, 5.41) is 4.97. The predicted octanol–water partition coefficient (Wildman–Crippen LogP) is 1.59. The van der Waals surface area contributed by atoms with Crippen molar-refractivity contribution in [3.05, 3.63) is 34.7 Å². The summed E-state index contributed by atoms with van der Waals surface area (Å²) in [6, 6.07) is 0. The first-order valence-corrected chi connectivity index (χ1v) is 7.25. The molecule has 2 N–H and O–H groups in total. The Labute approximate surface area is 129 Å². The molecule has 112 valence electrons. The SMILES string of the molecule is CC1=CC(=C2C(=O)NC(=S)NC2=O)C=C(C)N1CC(C)C. The highest BCUT2D eigenvalue weighted by Gasteiger charge is 2.29. The maximum Gasteiger partial charge on any atom is 0.263 e. The number of nitrogens with one attached hydrogen (secondary N) is 2. The Morgan fingerprint density at radius 1 is 1.10 bits per heavy atom. The number of rotatable bonds is 2. The van der Waals surface area contributed by atoms with Crippen molar-refractivity contribution in [3.63, 3.8) is 0 Å². The third-order valence-electron chi connectivity index (χ3n) is 3.32. The highest BCUT2D eigenvalue weighted by atomic mass is 32.1. The number of allylic oxidation sites excluding steroid dienone is 5. The van der Waals surface area contributed by atoms with Crippen molar-refractivity contribution in [2.45, 2.75) is 27.7 Å². The van der Waals surface area contributed by atoms with Gasteiger partial charge in [-0.2, -0.15) is 0 Å². The van der Waals surface area contributed by atoms with Crippen LogP contribution in [-0.4, -0.2) is 28.4 Å². The zero-order valence-electron chi connectivity index (χ0n) is 12.6. The molecule has 2 aliphatic heterocycles. The normalized spacial score (nSPS) is 19.5. The molecular formula is C15H19N3O2S. The van der Waals surface area contributed by atoms with Crippen LogP contribution in [0.25, 0.3) is 0 Å². The van der Waals surface area contributed by atoms with E-state index in [0.29, 0.717) is 11.5 Å². The van der Waals surface area contributed by atoms with Crippen LogP contribution in [0.4, 0.5) is 0 Å². The molecule has 5 nitrogen and oxygen atoms in total. The Morgan fingerprint density at radius 2 is 1.57 bits per heavy atom. The van der Waals surface area contributed by atoms with Gasteiger partial charge < -0.3 is 4.90 Å². The van der Waals surface area contributed by atoms with Crippen molar-refractivity contribution >= 4 is 29.1 Å². The Bertz CT molecular complexity index is 570. The summed E-state index contributed by atoms with van der Waals surface area (Å²) in [6.45, 7) is 9.15. The molecule has 0 atom stereocenters. The van der Waals surface area contributed by atoms with E-state index >= 15 is 0 Å². The van der Waals surface area contributed by atoms with E-state index in [4.69, 9.17) is 12.2 Å². The fourth-order valence-electron chi connectivity index (χ4n) is 2.45. The van der Waals surface area contributed by atoms with Crippen LogP contribution in [0.5, 0.6) is 0 Å². The molecule has 2 aliphatic rings. The zero-order chi connectivity index (χ0) is 15.7. The number of carbonyl (C=O) groups excluding carboxylic acids is 2. The topological polar surface area (TPSA) is 61.4 Å². The molecule has 0 spiro atoms. The molecule has 0 aromatic carbocycles. The van der Waals surface area contributed by atoms with Gasteiger partial charge in [0.25, 0.3) is 11.8 Å². The van der Waals surface area contributed by atoms with Crippen molar-refractivity contribution < 1.29 is 9.59 Å². The van der Waals surface area contributed by atoms with Gasteiger partial charge >= 0.3 is 0 Å². The fourth-order valence-corrected chi connectivity index (χ4v) is 2.64. The highest BCUT2D eigenvalue weighted by Crippen LogP contribution is 2.26. The van der Waals surface area contributed by atoms with E-state index in [1.54, 1.807) is 0 Å². The van der Waals surface area contributed by atoms with Gasteiger partial charge in [-0.1, -0.05) is 13.8 Å². The molecule has 1 saturated heterocycles. The summed E-state index contributed by atoms with van der Waals surface area (Å²) in [4.78, 5) is 26.2. The average molecular weight is 305 g/mol. The monoisotopic (exact) mass is 305 g/mol. The van der Waals surface area contributed by atoms with Gasteiger partial charge in [0.2, 0.25) is 0 Å². The van der Waals surface area contributed by atoms with E-state index in [-0.39, 0.29) is 10.7 Å². The Kier molecular flexibility index (Phi) is 4.27. The van der Waals surface area contributed by atoms with Gasteiger partial charge in [0, 0.05) is 17.9 Å². The van der Waals surface area contributed by atoms with E-state index < -0.39 is 11.8 Å². The first kappa shape index (κ1) is 15.4. The van der Waals surface area contributed by atoms with E-state index in [9.17, 15) is 9.59 Å². The van der Waals surface area contributed by atoms with Crippen molar-refractivity contribution in [2.24, 2.45) is 5.92 Å². The summed E-state index contributed by atoms with van der Waals surface area (Å²) >= 11 is 4.80. The van der Waals surface area contributed by atoms with Crippen LogP contribution in [0.2, 0.25) is 0 Å². The largest absolute Gasteiger partial charge is 0.349 e. The van der Waals surface area contributed by atoms with Crippen LogP contribution >= 0.6 is 12.2 Å². The number of amides is 2. The molecule has 6 heteroatoms. The molecule has 0 aromatic heterocycles. The molecule has 21 heavy (non-hydrogen) atoms. The molecule has 0 unspecified atom stereocenters. The maximum absolute atomic E-state index is 12.0. The van der Waals surface area contributed by atoms with Gasteiger partial charge in [-0.25, -0.2) is 0 Å². The minimum absolute atomic E-state index is 0.0491. The van der Waals surface area contributed by atoms with Crippen LogP contribution in [-0.2, 0) is 9.59 Å². The number of hydrogen-bond donors (Lipinski definition) is 2. The lowest BCUT2D eigenvalue weighted by atomic mass is 9.99. The van der Waals surface area contributed by atoms with Crippen LogP contribution < -0.4 is 10.6 Å². The molecule has 2 rings (SSSR count).